The van der Waals surface area contributed by atoms with Crippen LogP contribution in [0.4, 0.5) is 13.2 Å². The summed E-state index contributed by atoms with van der Waals surface area (Å²) in [5, 5.41) is 0. The Morgan fingerprint density at radius 1 is 0.852 bits per heavy atom. The van der Waals surface area contributed by atoms with Crippen molar-refractivity contribution in [3.63, 3.8) is 0 Å². The maximum atomic E-state index is 12.5. The van der Waals surface area contributed by atoms with Crippen LogP contribution in [0.3, 0.4) is 0 Å². The summed E-state index contributed by atoms with van der Waals surface area (Å²) in [6, 6.07) is 4.70. The Bertz CT molecular complexity index is 966. The van der Waals surface area contributed by atoms with E-state index in [1.165, 1.54) is 24.3 Å². The fraction of sp³-hybridized carbons (Fsp3) is 0.235. The number of alkyl halides is 3. The third-order valence-electron chi connectivity index (χ3n) is 3.51. The topological polar surface area (TPSA) is 75.2 Å². The first kappa shape index (κ1) is 20.0. The highest BCUT2D eigenvalue weighted by Crippen LogP contribution is 2.22. The monoisotopic (exact) mass is 383 g/mol. The van der Waals surface area contributed by atoms with Crippen LogP contribution in [0.15, 0.2) is 64.0 Å². The molecule has 0 radical (unpaired) electrons. The molecule has 0 atom stereocenters. The SMILES string of the molecule is C=CCn1c(=O)n(CC=C)c(=O)n(Cc2ccc(OC(F)(F)F)cc2)c1=O. The zero-order chi connectivity index (χ0) is 20.2. The minimum absolute atomic E-state index is 0.104. The molecular weight excluding hydrogens is 367 g/mol. The normalized spacial score (nSPS) is 11.2. The van der Waals surface area contributed by atoms with Crippen LogP contribution in [0.25, 0.3) is 0 Å². The van der Waals surface area contributed by atoms with Gasteiger partial charge >= 0.3 is 23.4 Å². The van der Waals surface area contributed by atoms with E-state index in [4.69, 9.17) is 0 Å². The summed E-state index contributed by atoms with van der Waals surface area (Å²) < 4.78 is 42.9. The lowest BCUT2D eigenvalue weighted by molar-refractivity contribution is -0.274. The van der Waals surface area contributed by atoms with Gasteiger partial charge in [-0.1, -0.05) is 24.3 Å². The third-order valence-corrected chi connectivity index (χ3v) is 3.51. The highest BCUT2D eigenvalue weighted by Gasteiger charge is 2.31. The van der Waals surface area contributed by atoms with Crippen molar-refractivity contribution < 1.29 is 17.9 Å². The Morgan fingerprint density at radius 3 is 1.70 bits per heavy atom. The second kappa shape index (κ2) is 7.94. The molecule has 1 aromatic carbocycles. The summed E-state index contributed by atoms with van der Waals surface area (Å²) in [5.41, 5.74) is -2.12. The van der Waals surface area contributed by atoms with E-state index in [1.54, 1.807) is 0 Å². The molecule has 0 aliphatic rings. The Balaban J connectivity index is 2.48. The molecule has 2 rings (SSSR count). The van der Waals surface area contributed by atoms with Gasteiger partial charge in [0, 0.05) is 0 Å². The van der Waals surface area contributed by atoms with Crippen molar-refractivity contribution >= 4 is 0 Å². The minimum Gasteiger partial charge on any atom is -0.406 e. The Kier molecular flexibility index (Phi) is 5.88. The second-order valence-electron chi connectivity index (χ2n) is 5.42. The molecule has 27 heavy (non-hydrogen) atoms. The summed E-state index contributed by atoms with van der Waals surface area (Å²) in [7, 11) is 0. The quantitative estimate of drug-likeness (QED) is 0.679. The van der Waals surface area contributed by atoms with Crippen LogP contribution < -0.4 is 21.8 Å². The highest BCUT2D eigenvalue weighted by atomic mass is 19.4. The van der Waals surface area contributed by atoms with Crippen molar-refractivity contribution in [2.75, 3.05) is 0 Å². The van der Waals surface area contributed by atoms with Crippen LogP contribution in [0.5, 0.6) is 5.75 Å². The lowest BCUT2D eigenvalue weighted by atomic mass is 10.2. The van der Waals surface area contributed by atoms with E-state index in [0.717, 1.165) is 25.8 Å². The summed E-state index contributed by atoms with van der Waals surface area (Å²) in [5.74, 6) is -0.431. The van der Waals surface area contributed by atoms with Gasteiger partial charge in [0.15, 0.2) is 0 Å². The van der Waals surface area contributed by atoms with E-state index >= 15 is 0 Å². The van der Waals surface area contributed by atoms with Gasteiger partial charge in [-0.3, -0.25) is 0 Å². The van der Waals surface area contributed by atoms with Gasteiger partial charge in [-0.15, -0.1) is 26.3 Å². The Labute approximate surface area is 150 Å². The molecule has 2 aromatic rings. The smallest absolute Gasteiger partial charge is 0.406 e. The zero-order valence-electron chi connectivity index (χ0n) is 14.1. The zero-order valence-corrected chi connectivity index (χ0v) is 14.1. The van der Waals surface area contributed by atoms with E-state index < -0.39 is 29.2 Å². The number of benzene rings is 1. The highest BCUT2D eigenvalue weighted by molar-refractivity contribution is 5.27. The third kappa shape index (κ3) is 4.66. The molecule has 0 aliphatic carbocycles. The summed E-state index contributed by atoms with van der Waals surface area (Å²) in [6.45, 7) is 6.49. The van der Waals surface area contributed by atoms with Gasteiger partial charge in [-0.25, -0.2) is 28.1 Å². The lowest BCUT2D eigenvalue weighted by Crippen LogP contribution is -2.54. The minimum atomic E-state index is -4.82. The van der Waals surface area contributed by atoms with E-state index in [2.05, 4.69) is 17.9 Å². The van der Waals surface area contributed by atoms with E-state index in [1.807, 2.05) is 0 Å². The lowest BCUT2D eigenvalue weighted by Gasteiger charge is -2.13. The van der Waals surface area contributed by atoms with Crippen molar-refractivity contribution in [3.8, 4) is 5.75 Å². The molecule has 10 heteroatoms. The standard InChI is InChI=1S/C17H16F3N3O4/c1-3-9-21-14(24)22(10-4-2)16(26)23(15(21)25)11-12-5-7-13(8-6-12)27-17(18,19)20/h3-8H,1-2,9-11H2. The molecule has 144 valence electrons. The van der Waals surface area contributed by atoms with E-state index in [9.17, 15) is 27.6 Å². The van der Waals surface area contributed by atoms with Gasteiger partial charge < -0.3 is 4.74 Å². The van der Waals surface area contributed by atoms with Crippen LogP contribution in [-0.4, -0.2) is 20.1 Å². The maximum absolute atomic E-state index is 12.5. The molecule has 0 aliphatic heterocycles. The van der Waals surface area contributed by atoms with Gasteiger partial charge in [-0.05, 0) is 17.7 Å². The molecule has 1 heterocycles. The molecule has 0 fully saturated rings. The molecule has 1 aromatic heterocycles. The number of ether oxygens (including phenoxy) is 1. The average Bonchev–Trinajstić information content (AvgIpc) is 2.59. The van der Waals surface area contributed by atoms with E-state index in [0.29, 0.717) is 5.56 Å². The number of halogens is 3. The largest absolute Gasteiger partial charge is 0.573 e. The number of aromatic nitrogens is 3. The van der Waals surface area contributed by atoms with Crippen molar-refractivity contribution in [1.29, 1.82) is 0 Å². The molecule has 0 saturated carbocycles. The number of allylic oxidation sites excluding steroid dienone is 2. The molecule has 0 unspecified atom stereocenters. The Morgan fingerprint density at radius 2 is 1.30 bits per heavy atom. The van der Waals surface area contributed by atoms with Gasteiger partial charge in [0.05, 0.1) is 19.6 Å². The molecule has 0 bridgehead atoms. The van der Waals surface area contributed by atoms with Gasteiger partial charge in [0.1, 0.15) is 5.75 Å². The van der Waals surface area contributed by atoms with Crippen molar-refractivity contribution in [2.45, 2.75) is 26.0 Å². The number of hydrogen-bond donors (Lipinski definition) is 0. The molecule has 0 saturated heterocycles. The van der Waals surface area contributed by atoms with Crippen LogP contribution >= 0.6 is 0 Å². The van der Waals surface area contributed by atoms with Crippen molar-refractivity contribution in [3.05, 3.63) is 86.6 Å². The summed E-state index contributed by atoms with van der Waals surface area (Å²) in [4.78, 5) is 37.2. The fourth-order valence-corrected chi connectivity index (χ4v) is 2.37. The molecule has 0 amide bonds. The molecule has 7 nitrogen and oxygen atoms in total. The molecular formula is C17H16F3N3O4. The first-order chi connectivity index (χ1) is 12.7. The first-order valence-corrected chi connectivity index (χ1v) is 7.69. The van der Waals surface area contributed by atoms with Crippen LogP contribution in [-0.2, 0) is 19.6 Å². The average molecular weight is 383 g/mol. The number of hydrogen-bond acceptors (Lipinski definition) is 4. The molecule has 0 N–H and O–H groups in total. The predicted octanol–water partition coefficient (Wildman–Crippen LogP) is 1.49. The predicted molar refractivity (Wildman–Crippen MR) is 91.8 cm³/mol. The maximum Gasteiger partial charge on any atom is 0.573 e. The van der Waals surface area contributed by atoms with Crippen LogP contribution in [0, 0.1) is 0 Å². The summed E-state index contributed by atoms with van der Waals surface area (Å²) >= 11 is 0. The summed E-state index contributed by atoms with van der Waals surface area (Å²) in [6.07, 6.45) is -2.16. The van der Waals surface area contributed by atoms with Crippen LogP contribution in [0.1, 0.15) is 5.56 Å². The van der Waals surface area contributed by atoms with E-state index in [-0.39, 0.29) is 19.6 Å². The second-order valence-corrected chi connectivity index (χ2v) is 5.42. The van der Waals surface area contributed by atoms with Crippen molar-refractivity contribution in [2.24, 2.45) is 0 Å². The number of rotatable bonds is 7. The fourth-order valence-electron chi connectivity index (χ4n) is 2.37. The molecule has 0 spiro atoms. The van der Waals surface area contributed by atoms with Gasteiger partial charge in [0.2, 0.25) is 0 Å². The van der Waals surface area contributed by atoms with Gasteiger partial charge in [-0.2, -0.15) is 0 Å². The first-order valence-electron chi connectivity index (χ1n) is 7.69. The number of nitrogens with zero attached hydrogens (tertiary/aromatic N) is 3. The van der Waals surface area contributed by atoms with Crippen LogP contribution in [0.2, 0.25) is 0 Å². The van der Waals surface area contributed by atoms with Gasteiger partial charge in [0.25, 0.3) is 0 Å². The Hall–Kier alpha value is -3.30. The van der Waals surface area contributed by atoms with Crippen molar-refractivity contribution in [1.82, 2.24) is 13.7 Å².